The molecule has 25 heavy (non-hydrogen) atoms. The lowest BCUT2D eigenvalue weighted by atomic mass is 10.1. The first-order valence-electron chi connectivity index (χ1n) is 8.22. The van der Waals surface area contributed by atoms with Crippen LogP contribution in [0.2, 0.25) is 0 Å². The number of carbonyl (C=O) groups is 1. The van der Waals surface area contributed by atoms with Gasteiger partial charge in [0.15, 0.2) is 0 Å². The Morgan fingerprint density at radius 3 is 2.80 bits per heavy atom. The van der Waals surface area contributed by atoms with Gasteiger partial charge in [0.1, 0.15) is 11.6 Å². The van der Waals surface area contributed by atoms with E-state index in [0.717, 1.165) is 19.4 Å². The molecule has 2 heterocycles. The Labute approximate surface area is 146 Å². The monoisotopic (exact) mass is 344 g/mol. The molecule has 1 aromatic carbocycles. The second kappa shape index (κ2) is 7.57. The molecule has 1 fully saturated rings. The molecule has 1 saturated heterocycles. The van der Waals surface area contributed by atoms with E-state index in [1.165, 1.54) is 30.5 Å². The molecular weight excluding hydrogens is 323 g/mol. The van der Waals surface area contributed by atoms with Crippen LogP contribution in [0.5, 0.6) is 11.6 Å². The van der Waals surface area contributed by atoms with E-state index in [4.69, 9.17) is 4.74 Å². The molecule has 0 spiro atoms. The maximum atomic E-state index is 13.0. The molecule has 1 atom stereocenters. The molecule has 3 rings (SSSR count). The van der Waals surface area contributed by atoms with E-state index in [9.17, 15) is 9.18 Å². The van der Waals surface area contributed by atoms with Gasteiger partial charge in [-0.05, 0) is 51.2 Å². The molecule has 1 aliphatic rings. The summed E-state index contributed by atoms with van der Waals surface area (Å²) in [6.45, 7) is 1.10. The Balaban J connectivity index is 1.76. The Morgan fingerprint density at radius 2 is 2.08 bits per heavy atom. The molecule has 1 amide bonds. The van der Waals surface area contributed by atoms with Crippen molar-refractivity contribution in [2.75, 3.05) is 27.2 Å². The van der Waals surface area contributed by atoms with Crippen LogP contribution in [0.3, 0.4) is 0 Å². The Hall–Kier alpha value is -2.54. The summed E-state index contributed by atoms with van der Waals surface area (Å²) < 4.78 is 18.6. The van der Waals surface area contributed by atoms with Crippen LogP contribution < -0.4 is 4.74 Å². The summed E-state index contributed by atoms with van der Waals surface area (Å²) >= 11 is 0. The minimum Gasteiger partial charge on any atom is -0.437 e. The summed E-state index contributed by atoms with van der Waals surface area (Å²) in [5, 5.41) is 0. The van der Waals surface area contributed by atoms with Gasteiger partial charge in [-0.3, -0.25) is 9.78 Å². The number of nitrogens with zero attached hydrogens (tertiary/aromatic N) is 4. The summed E-state index contributed by atoms with van der Waals surface area (Å²) in [6.07, 6.45) is 4.97. The number of hydrogen-bond acceptors (Lipinski definition) is 5. The lowest BCUT2D eigenvalue weighted by Crippen LogP contribution is -2.37. The number of ether oxygens (including phenoxy) is 1. The molecule has 132 valence electrons. The number of benzene rings is 1. The number of amides is 1. The van der Waals surface area contributed by atoms with Crippen LogP contribution >= 0.6 is 0 Å². The maximum absolute atomic E-state index is 13.0. The second-order valence-electron chi connectivity index (χ2n) is 6.32. The topological polar surface area (TPSA) is 58.6 Å². The van der Waals surface area contributed by atoms with Crippen molar-refractivity contribution in [3.63, 3.8) is 0 Å². The van der Waals surface area contributed by atoms with E-state index in [1.807, 2.05) is 23.9 Å². The van der Waals surface area contributed by atoms with Crippen LogP contribution in [0.15, 0.2) is 36.7 Å². The van der Waals surface area contributed by atoms with Crippen molar-refractivity contribution >= 4 is 5.91 Å². The fraction of sp³-hybridized carbons (Fsp3) is 0.389. The average Bonchev–Trinajstić information content (AvgIpc) is 3.06. The summed E-state index contributed by atoms with van der Waals surface area (Å²) in [7, 11) is 3.75. The van der Waals surface area contributed by atoms with E-state index in [1.54, 1.807) is 6.20 Å². The van der Waals surface area contributed by atoms with Gasteiger partial charge < -0.3 is 14.5 Å². The van der Waals surface area contributed by atoms with Gasteiger partial charge in [-0.25, -0.2) is 9.37 Å². The molecule has 2 aromatic rings. The van der Waals surface area contributed by atoms with Crippen molar-refractivity contribution in [1.29, 1.82) is 0 Å². The summed E-state index contributed by atoms with van der Waals surface area (Å²) in [5.74, 6) is 0.572. The molecule has 6 nitrogen and oxygen atoms in total. The number of aromatic nitrogens is 2. The van der Waals surface area contributed by atoms with E-state index >= 15 is 0 Å². The molecule has 7 heteroatoms. The van der Waals surface area contributed by atoms with Crippen LogP contribution in [-0.2, 0) is 4.79 Å². The fourth-order valence-electron chi connectivity index (χ4n) is 2.93. The number of rotatable bonds is 5. The van der Waals surface area contributed by atoms with Gasteiger partial charge >= 0.3 is 0 Å². The smallest absolute Gasteiger partial charge is 0.238 e. The van der Waals surface area contributed by atoms with Gasteiger partial charge in [0.05, 0.1) is 30.7 Å². The highest BCUT2D eigenvalue weighted by Crippen LogP contribution is 2.31. The van der Waals surface area contributed by atoms with Gasteiger partial charge in [-0.2, -0.15) is 0 Å². The van der Waals surface area contributed by atoms with Gasteiger partial charge in [0, 0.05) is 6.54 Å². The largest absolute Gasteiger partial charge is 0.437 e. The number of halogens is 1. The minimum absolute atomic E-state index is 0.0826. The highest BCUT2D eigenvalue weighted by molar-refractivity contribution is 5.79. The average molecular weight is 344 g/mol. The number of likely N-dealkylation sites (tertiary alicyclic amines) is 1. The third kappa shape index (κ3) is 4.30. The van der Waals surface area contributed by atoms with Gasteiger partial charge in [-0.15, -0.1) is 0 Å². The molecule has 1 aromatic heterocycles. The molecule has 0 saturated carbocycles. The zero-order chi connectivity index (χ0) is 17.8. The lowest BCUT2D eigenvalue weighted by molar-refractivity contribution is -0.132. The molecule has 0 aliphatic carbocycles. The second-order valence-corrected chi connectivity index (χ2v) is 6.32. The van der Waals surface area contributed by atoms with Crippen LogP contribution in [0.4, 0.5) is 4.39 Å². The molecule has 0 N–H and O–H groups in total. The Morgan fingerprint density at radius 1 is 1.32 bits per heavy atom. The first-order chi connectivity index (χ1) is 12.0. The molecular formula is C18H21FN4O2. The van der Waals surface area contributed by atoms with Crippen molar-refractivity contribution < 1.29 is 13.9 Å². The number of hydrogen-bond donors (Lipinski definition) is 0. The normalized spacial score (nSPS) is 17.1. The lowest BCUT2D eigenvalue weighted by Gasteiger charge is -2.25. The van der Waals surface area contributed by atoms with Crippen molar-refractivity contribution in [2.24, 2.45) is 0 Å². The van der Waals surface area contributed by atoms with Crippen molar-refractivity contribution in [3.8, 4) is 11.6 Å². The van der Waals surface area contributed by atoms with Crippen molar-refractivity contribution in [2.45, 2.75) is 18.9 Å². The first kappa shape index (κ1) is 17.3. The fourth-order valence-corrected chi connectivity index (χ4v) is 2.93. The Kier molecular flexibility index (Phi) is 5.23. The predicted molar refractivity (Wildman–Crippen MR) is 90.7 cm³/mol. The Bertz CT molecular complexity index is 736. The van der Waals surface area contributed by atoms with E-state index in [-0.39, 0.29) is 17.8 Å². The standard InChI is InChI=1S/C18H21FN4O2/c1-22(2)12-18(24)23-9-3-4-16(23)15-10-20-11-17(21-15)25-14-7-5-13(19)6-8-14/h5-8,10-11,16H,3-4,9,12H2,1-2H3/t16-/m1/s1. The highest BCUT2D eigenvalue weighted by Gasteiger charge is 2.31. The third-order valence-electron chi connectivity index (χ3n) is 4.03. The van der Waals surface area contributed by atoms with Crippen LogP contribution in [0.1, 0.15) is 24.6 Å². The zero-order valence-electron chi connectivity index (χ0n) is 14.4. The molecule has 0 radical (unpaired) electrons. The highest BCUT2D eigenvalue weighted by atomic mass is 19.1. The SMILES string of the molecule is CN(C)CC(=O)N1CCC[C@@H]1c1cncc(Oc2ccc(F)cc2)n1. The predicted octanol–water partition coefficient (Wildman–Crippen LogP) is 2.63. The zero-order valence-corrected chi connectivity index (χ0v) is 14.4. The maximum Gasteiger partial charge on any atom is 0.238 e. The molecule has 1 aliphatic heterocycles. The van der Waals surface area contributed by atoms with Gasteiger partial charge in [-0.1, -0.05) is 0 Å². The van der Waals surface area contributed by atoms with Gasteiger partial charge in [0.2, 0.25) is 11.8 Å². The van der Waals surface area contributed by atoms with Gasteiger partial charge in [0.25, 0.3) is 0 Å². The van der Waals surface area contributed by atoms with E-state index in [0.29, 0.717) is 23.9 Å². The summed E-state index contributed by atoms with van der Waals surface area (Å²) in [5.41, 5.74) is 0.712. The van der Waals surface area contributed by atoms with Crippen molar-refractivity contribution in [3.05, 3.63) is 48.2 Å². The summed E-state index contributed by atoms with van der Waals surface area (Å²) in [4.78, 5) is 24.8. The quantitative estimate of drug-likeness (QED) is 0.834. The van der Waals surface area contributed by atoms with E-state index < -0.39 is 0 Å². The number of carbonyl (C=O) groups excluding carboxylic acids is 1. The summed E-state index contributed by atoms with van der Waals surface area (Å²) in [6, 6.07) is 5.63. The van der Waals surface area contributed by atoms with Crippen molar-refractivity contribution in [1.82, 2.24) is 19.8 Å². The third-order valence-corrected chi connectivity index (χ3v) is 4.03. The molecule has 0 bridgehead atoms. The first-order valence-corrected chi connectivity index (χ1v) is 8.22. The number of likely N-dealkylation sites (N-methyl/N-ethyl adjacent to an activating group) is 1. The van der Waals surface area contributed by atoms with Crippen LogP contribution in [-0.4, -0.2) is 52.9 Å². The van der Waals surface area contributed by atoms with E-state index in [2.05, 4.69) is 9.97 Å². The van der Waals surface area contributed by atoms with Crippen LogP contribution in [0.25, 0.3) is 0 Å². The minimum atomic E-state index is -0.326. The van der Waals surface area contributed by atoms with Crippen LogP contribution in [0, 0.1) is 5.82 Å². The molecule has 0 unspecified atom stereocenters.